The molecule has 11 heteroatoms. The molecule has 1 saturated heterocycles. The molecule has 2 aromatic heterocycles. The number of nitrogens with one attached hydrogen (secondary N) is 1. The Morgan fingerprint density at radius 2 is 1.94 bits per heavy atom. The lowest BCUT2D eigenvalue weighted by Crippen LogP contribution is -2.39. The van der Waals surface area contributed by atoms with Gasteiger partial charge in [0.05, 0.1) is 34.0 Å². The second kappa shape index (κ2) is 8.86. The third-order valence-electron chi connectivity index (χ3n) is 6.08. The van der Waals surface area contributed by atoms with Gasteiger partial charge in [0, 0.05) is 24.6 Å². The maximum absolute atomic E-state index is 14.4. The van der Waals surface area contributed by atoms with Crippen molar-refractivity contribution < 1.29 is 26.3 Å². The number of aryl methyl sites for hydroxylation is 1. The summed E-state index contributed by atoms with van der Waals surface area (Å²) in [7, 11) is -1.59. The minimum atomic E-state index is -3.12. The fourth-order valence-corrected chi connectivity index (χ4v) is 5.60. The molecule has 1 N–H and O–H groups in total. The van der Waals surface area contributed by atoms with Crippen LogP contribution in [0.5, 0.6) is 0 Å². The number of sulfone groups is 1. The molecular weight excluding hydrogens is 457 g/mol. The quantitative estimate of drug-likeness (QED) is 0.568. The SMILES string of the molecule is COC1(c2cc3c(NCc4cccc(C(F)F)c4F)ncnc3c(C)n2)CCS(=O)(=O)CC1. The first kappa shape index (κ1) is 23.4. The zero-order chi connectivity index (χ0) is 23.8. The monoisotopic (exact) mass is 480 g/mol. The molecular formula is C22H23F3N4O3S. The number of alkyl halides is 2. The number of rotatable bonds is 6. The van der Waals surface area contributed by atoms with E-state index in [9.17, 15) is 21.6 Å². The Labute approximate surface area is 189 Å². The van der Waals surface area contributed by atoms with Crippen LogP contribution in [0.3, 0.4) is 0 Å². The first-order valence-electron chi connectivity index (χ1n) is 10.3. The number of aromatic nitrogens is 3. The smallest absolute Gasteiger partial charge is 0.266 e. The third-order valence-corrected chi connectivity index (χ3v) is 7.73. The number of hydrogen-bond acceptors (Lipinski definition) is 7. The van der Waals surface area contributed by atoms with Crippen molar-refractivity contribution in [2.45, 2.75) is 38.3 Å². The fourth-order valence-electron chi connectivity index (χ4n) is 4.11. The fraction of sp³-hybridized carbons (Fsp3) is 0.409. The van der Waals surface area contributed by atoms with Crippen LogP contribution < -0.4 is 5.32 Å². The van der Waals surface area contributed by atoms with E-state index < -0.39 is 33.2 Å². The molecule has 7 nitrogen and oxygen atoms in total. The van der Waals surface area contributed by atoms with Crippen LogP contribution in [-0.4, -0.2) is 42.0 Å². The van der Waals surface area contributed by atoms with E-state index in [2.05, 4.69) is 20.3 Å². The molecule has 0 bridgehead atoms. The molecule has 0 spiro atoms. The van der Waals surface area contributed by atoms with Gasteiger partial charge >= 0.3 is 0 Å². The predicted molar refractivity (Wildman–Crippen MR) is 117 cm³/mol. The molecule has 3 aromatic rings. The van der Waals surface area contributed by atoms with Crippen molar-refractivity contribution in [2.24, 2.45) is 0 Å². The lowest BCUT2D eigenvalue weighted by molar-refractivity contribution is -0.0267. The van der Waals surface area contributed by atoms with Gasteiger partial charge in [0.2, 0.25) is 0 Å². The zero-order valence-corrected chi connectivity index (χ0v) is 18.9. The van der Waals surface area contributed by atoms with Crippen molar-refractivity contribution in [1.82, 2.24) is 15.0 Å². The highest BCUT2D eigenvalue weighted by Gasteiger charge is 2.40. The molecule has 0 atom stereocenters. The van der Waals surface area contributed by atoms with Crippen LogP contribution in [0.1, 0.15) is 41.8 Å². The molecule has 1 aliphatic rings. The molecule has 0 amide bonds. The average Bonchev–Trinajstić information content (AvgIpc) is 2.78. The summed E-state index contributed by atoms with van der Waals surface area (Å²) in [6.45, 7) is 1.71. The van der Waals surface area contributed by atoms with E-state index in [1.165, 1.54) is 25.6 Å². The van der Waals surface area contributed by atoms with Gasteiger partial charge in [-0.05, 0) is 25.8 Å². The molecule has 4 rings (SSSR count). The second-order valence-electron chi connectivity index (χ2n) is 8.04. The van der Waals surface area contributed by atoms with E-state index in [1.807, 2.05) is 0 Å². The van der Waals surface area contributed by atoms with Crippen LogP contribution in [0, 0.1) is 12.7 Å². The summed E-state index contributed by atoms with van der Waals surface area (Å²) in [4.78, 5) is 13.2. The van der Waals surface area contributed by atoms with Crippen LogP contribution in [-0.2, 0) is 26.7 Å². The number of nitrogens with zero attached hydrogens (tertiary/aromatic N) is 3. The number of benzene rings is 1. The summed E-state index contributed by atoms with van der Waals surface area (Å²) >= 11 is 0. The van der Waals surface area contributed by atoms with Crippen LogP contribution in [0.2, 0.25) is 0 Å². The number of fused-ring (bicyclic) bond motifs is 1. The molecule has 0 saturated carbocycles. The van der Waals surface area contributed by atoms with Gasteiger partial charge in [0.15, 0.2) is 9.84 Å². The van der Waals surface area contributed by atoms with Crippen LogP contribution >= 0.6 is 0 Å². The van der Waals surface area contributed by atoms with Crippen molar-refractivity contribution in [2.75, 3.05) is 23.9 Å². The molecule has 176 valence electrons. The van der Waals surface area contributed by atoms with Gasteiger partial charge < -0.3 is 10.1 Å². The van der Waals surface area contributed by atoms with Crippen LogP contribution in [0.4, 0.5) is 19.0 Å². The topological polar surface area (TPSA) is 94.1 Å². The van der Waals surface area contributed by atoms with E-state index in [0.717, 1.165) is 6.07 Å². The minimum absolute atomic E-state index is 0.00421. The molecule has 1 aliphatic heterocycles. The van der Waals surface area contributed by atoms with Gasteiger partial charge in [-0.3, -0.25) is 4.98 Å². The lowest BCUT2D eigenvalue weighted by Gasteiger charge is -2.35. The Kier molecular flexibility index (Phi) is 6.28. The Bertz CT molecular complexity index is 1290. The van der Waals surface area contributed by atoms with Gasteiger partial charge in [-0.2, -0.15) is 0 Å². The van der Waals surface area contributed by atoms with E-state index >= 15 is 0 Å². The van der Waals surface area contributed by atoms with Gasteiger partial charge in [0.1, 0.15) is 23.6 Å². The van der Waals surface area contributed by atoms with Crippen molar-refractivity contribution in [3.63, 3.8) is 0 Å². The van der Waals surface area contributed by atoms with E-state index in [4.69, 9.17) is 4.74 Å². The highest BCUT2D eigenvalue weighted by molar-refractivity contribution is 7.91. The standard InChI is InChI=1S/C22H23F3N4O3S/c1-13-19-16(10-17(29-13)22(32-2)6-8-33(30,31)9-7-22)21(28-12-27-19)26-11-14-4-3-5-15(18(14)23)20(24)25/h3-5,10,12,20H,6-9,11H2,1-2H3,(H,26,27,28). The number of halogens is 3. The van der Waals surface area contributed by atoms with Crippen molar-refractivity contribution in [3.05, 3.63) is 58.9 Å². The Hall–Kier alpha value is -2.79. The van der Waals surface area contributed by atoms with E-state index in [-0.39, 0.29) is 36.5 Å². The summed E-state index contributed by atoms with van der Waals surface area (Å²) in [5.41, 5.74) is 0.287. The van der Waals surface area contributed by atoms with Gasteiger partial charge in [0.25, 0.3) is 6.43 Å². The van der Waals surface area contributed by atoms with Gasteiger partial charge in [-0.15, -0.1) is 0 Å². The van der Waals surface area contributed by atoms with Gasteiger partial charge in [-0.25, -0.2) is 31.6 Å². The number of pyridine rings is 1. The van der Waals surface area contributed by atoms with E-state index in [0.29, 0.717) is 28.1 Å². The Morgan fingerprint density at radius 1 is 1.21 bits per heavy atom. The maximum atomic E-state index is 14.4. The summed E-state index contributed by atoms with van der Waals surface area (Å²) in [6, 6.07) is 5.61. The third kappa shape index (κ3) is 4.51. The average molecular weight is 481 g/mol. The predicted octanol–water partition coefficient (Wildman–Crippen LogP) is 4.07. The van der Waals surface area contributed by atoms with Crippen molar-refractivity contribution in [1.29, 1.82) is 0 Å². The summed E-state index contributed by atoms with van der Waals surface area (Å²) in [6.07, 6.45) is -1.03. The van der Waals surface area contributed by atoms with Crippen molar-refractivity contribution >= 4 is 26.6 Å². The van der Waals surface area contributed by atoms with E-state index in [1.54, 1.807) is 13.0 Å². The molecule has 1 fully saturated rings. The molecule has 3 heterocycles. The highest BCUT2D eigenvalue weighted by Crippen LogP contribution is 2.38. The maximum Gasteiger partial charge on any atom is 0.266 e. The van der Waals surface area contributed by atoms with Crippen LogP contribution in [0.15, 0.2) is 30.6 Å². The molecule has 1 aromatic carbocycles. The number of anilines is 1. The first-order valence-corrected chi connectivity index (χ1v) is 12.2. The van der Waals surface area contributed by atoms with Crippen molar-refractivity contribution in [3.8, 4) is 0 Å². The first-order chi connectivity index (χ1) is 15.7. The molecule has 33 heavy (non-hydrogen) atoms. The number of ether oxygens (including phenoxy) is 1. The number of hydrogen-bond donors (Lipinski definition) is 1. The van der Waals surface area contributed by atoms with Crippen LogP contribution in [0.25, 0.3) is 10.9 Å². The normalized spacial score (nSPS) is 17.4. The molecule has 0 unspecified atom stereocenters. The molecule has 0 aliphatic carbocycles. The zero-order valence-electron chi connectivity index (χ0n) is 18.1. The summed E-state index contributed by atoms with van der Waals surface area (Å²) < 4.78 is 70.2. The Balaban J connectivity index is 1.71. The number of methoxy groups -OCH3 is 1. The summed E-state index contributed by atoms with van der Waals surface area (Å²) in [5, 5.41) is 3.60. The lowest BCUT2D eigenvalue weighted by atomic mass is 9.91. The second-order valence-corrected chi connectivity index (χ2v) is 10.3. The van der Waals surface area contributed by atoms with Gasteiger partial charge in [-0.1, -0.05) is 18.2 Å². The minimum Gasteiger partial charge on any atom is -0.372 e. The largest absolute Gasteiger partial charge is 0.372 e. The molecule has 0 radical (unpaired) electrons. The highest BCUT2D eigenvalue weighted by atomic mass is 32.2. The Morgan fingerprint density at radius 3 is 2.61 bits per heavy atom. The summed E-state index contributed by atoms with van der Waals surface area (Å²) in [5.74, 6) is -0.590.